The highest BCUT2D eigenvalue weighted by atomic mass is 19.4. The fourth-order valence-electron chi connectivity index (χ4n) is 3.13. The van der Waals surface area contributed by atoms with Gasteiger partial charge in [0.2, 0.25) is 0 Å². The zero-order valence-corrected chi connectivity index (χ0v) is 12.9. The van der Waals surface area contributed by atoms with E-state index in [1.54, 1.807) is 0 Å². The monoisotopic (exact) mass is 331 g/mol. The quantitative estimate of drug-likeness (QED) is 0.821. The molecule has 3 rings (SSSR count). The van der Waals surface area contributed by atoms with E-state index in [1.165, 1.54) is 17.8 Å². The number of piperidine rings is 1. The minimum Gasteiger partial charge on any atom is -0.370 e. The fraction of sp³-hybridized carbons (Fsp3) is 0.333. The Morgan fingerprint density at radius 1 is 1.12 bits per heavy atom. The van der Waals surface area contributed by atoms with Crippen LogP contribution in [0.4, 0.5) is 18.9 Å². The van der Waals surface area contributed by atoms with Gasteiger partial charge >= 0.3 is 6.18 Å². The van der Waals surface area contributed by atoms with Gasteiger partial charge in [-0.1, -0.05) is 30.3 Å². The first-order valence-corrected chi connectivity index (χ1v) is 7.76. The molecule has 2 aromatic rings. The van der Waals surface area contributed by atoms with Gasteiger partial charge in [0.15, 0.2) is 5.69 Å². The second kappa shape index (κ2) is 6.52. The molecule has 0 bridgehead atoms. The summed E-state index contributed by atoms with van der Waals surface area (Å²) in [6.45, 7) is 1.34. The molecule has 0 unspecified atom stereocenters. The lowest BCUT2D eigenvalue weighted by Gasteiger charge is -2.34. The summed E-state index contributed by atoms with van der Waals surface area (Å²) >= 11 is 0. The number of nitriles is 1. The van der Waals surface area contributed by atoms with E-state index in [4.69, 9.17) is 5.26 Å². The van der Waals surface area contributed by atoms with Crippen molar-refractivity contribution < 1.29 is 13.2 Å². The first kappa shape index (κ1) is 16.3. The zero-order valence-electron chi connectivity index (χ0n) is 12.9. The topological polar surface area (TPSA) is 39.9 Å². The lowest BCUT2D eigenvalue weighted by atomic mass is 9.89. The molecule has 124 valence electrons. The highest BCUT2D eigenvalue weighted by Gasteiger charge is 2.35. The van der Waals surface area contributed by atoms with Crippen LogP contribution in [0.1, 0.15) is 35.6 Å². The summed E-state index contributed by atoms with van der Waals surface area (Å²) in [5.74, 6) is 0.427. The number of pyridine rings is 1. The predicted molar refractivity (Wildman–Crippen MR) is 84.6 cm³/mol. The highest BCUT2D eigenvalue weighted by Crippen LogP contribution is 2.35. The number of anilines is 1. The van der Waals surface area contributed by atoms with Crippen molar-refractivity contribution in [2.24, 2.45) is 0 Å². The molecule has 1 aliphatic heterocycles. The van der Waals surface area contributed by atoms with E-state index < -0.39 is 17.4 Å². The molecule has 2 heterocycles. The number of hydrogen-bond acceptors (Lipinski definition) is 3. The largest absolute Gasteiger partial charge is 0.419 e. The van der Waals surface area contributed by atoms with Gasteiger partial charge < -0.3 is 4.90 Å². The molecule has 6 heteroatoms. The summed E-state index contributed by atoms with van der Waals surface area (Å²) in [6.07, 6.45) is -1.45. The third-order valence-electron chi connectivity index (χ3n) is 4.42. The number of benzene rings is 1. The summed E-state index contributed by atoms with van der Waals surface area (Å²) in [6, 6.07) is 12.7. The van der Waals surface area contributed by atoms with Crippen molar-refractivity contribution in [1.82, 2.24) is 4.98 Å². The van der Waals surface area contributed by atoms with Gasteiger partial charge in [-0.15, -0.1) is 0 Å². The van der Waals surface area contributed by atoms with Crippen LogP contribution in [0.3, 0.4) is 0 Å². The van der Waals surface area contributed by atoms with Crippen LogP contribution >= 0.6 is 0 Å². The van der Waals surface area contributed by atoms with E-state index in [-0.39, 0.29) is 0 Å². The number of nitrogens with zero attached hydrogens (tertiary/aromatic N) is 3. The fourth-order valence-corrected chi connectivity index (χ4v) is 3.13. The lowest BCUT2D eigenvalue weighted by molar-refractivity contribution is -0.138. The Balaban J connectivity index is 1.76. The van der Waals surface area contributed by atoms with Crippen LogP contribution in [0, 0.1) is 11.3 Å². The molecule has 1 aliphatic rings. The molecule has 1 aromatic heterocycles. The van der Waals surface area contributed by atoms with Crippen molar-refractivity contribution in [3.63, 3.8) is 0 Å². The Morgan fingerprint density at radius 2 is 1.79 bits per heavy atom. The van der Waals surface area contributed by atoms with Crippen LogP contribution in [0.25, 0.3) is 0 Å². The summed E-state index contributed by atoms with van der Waals surface area (Å²) in [4.78, 5) is 5.60. The van der Waals surface area contributed by atoms with Crippen molar-refractivity contribution in [2.75, 3.05) is 18.0 Å². The molecule has 0 radical (unpaired) electrons. The molecule has 1 aromatic carbocycles. The van der Waals surface area contributed by atoms with Crippen LogP contribution in [-0.2, 0) is 6.18 Å². The number of alkyl halides is 3. The minimum atomic E-state index is -4.57. The second-order valence-corrected chi connectivity index (χ2v) is 5.87. The van der Waals surface area contributed by atoms with Crippen LogP contribution in [0.2, 0.25) is 0 Å². The summed E-state index contributed by atoms with van der Waals surface area (Å²) in [5.41, 5.74) is 0.150. The van der Waals surface area contributed by atoms with Gasteiger partial charge in [-0.05, 0) is 30.4 Å². The summed E-state index contributed by atoms with van der Waals surface area (Å²) in [5, 5.41) is 8.82. The van der Waals surface area contributed by atoms with Crippen LogP contribution in [0.5, 0.6) is 0 Å². The smallest absolute Gasteiger partial charge is 0.370 e. The Hall–Kier alpha value is -2.55. The molecule has 0 spiro atoms. The third kappa shape index (κ3) is 3.35. The molecule has 0 atom stereocenters. The molecular weight excluding hydrogens is 315 g/mol. The van der Waals surface area contributed by atoms with E-state index in [0.29, 0.717) is 24.7 Å². The van der Waals surface area contributed by atoms with E-state index >= 15 is 0 Å². The average Bonchev–Trinajstić information content (AvgIpc) is 2.61. The standard InChI is InChI=1S/C18H16F3N3/c19-18(20,21)16-10-15(12-23-17(16)11-22)24-8-6-14(7-9-24)13-4-2-1-3-5-13/h1-5,10,12,14H,6-9H2. The maximum Gasteiger partial charge on any atom is 0.419 e. The Kier molecular flexibility index (Phi) is 4.43. The molecule has 1 saturated heterocycles. The maximum atomic E-state index is 13.1. The van der Waals surface area contributed by atoms with Crippen molar-refractivity contribution in [1.29, 1.82) is 5.26 Å². The first-order valence-electron chi connectivity index (χ1n) is 7.76. The first-order chi connectivity index (χ1) is 11.5. The second-order valence-electron chi connectivity index (χ2n) is 5.87. The van der Waals surface area contributed by atoms with E-state index in [2.05, 4.69) is 17.1 Å². The van der Waals surface area contributed by atoms with Gasteiger partial charge in [0.1, 0.15) is 6.07 Å². The number of aromatic nitrogens is 1. The van der Waals surface area contributed by atoms with Gasteiger partial charge in [-0.3, -0.25) is 0 Å². The Bertz CT molecular complexity index is 742. The zero-order chi connectivity index (χ0) is 17.2. The van der Waals surface area contributed by atoms with Gasteiger partial charge in [-0.25, -0.2) is 4.98 Å². The highest BCUT2D eigenvalue weighted by molar-refractivity contribution is 5.51. The van der Waals surface area contributed by atoms with E-state index in [9.17, 15) is 13.2 Å². The molecule has 0 N–H and O–H groups in total. The van der Waals surface area contributed by atoms with Crippen molar-refractivity contribution >= 4 is 5.69 Å². The number of rotatable bonds is 2. The van der Waals surface area contributed by atoms with E-state index in [0.717, 1.165) is 18.9 Å². The predicted octanol–water partition coefficient (Wildman–Crippen LogP) is 4.36. The lowest BCUT2D eigenvalue weighted by Crippen LogP contribution is -2.33. The van der Waals surface area contributed by atoms with Crippen molar-refractivity contribution in [3.05, 3.63) is 59.4 Å². The van der Waals surface area contributed by atoms with Gasteiger partial charge in [0.05, 0.1) is 17.4 Å². The number of halogens is 3. The summed E-state index contributed by atoms with van der Waals surface area (Å²) in [7, 11) is 0. The van der Waals surface area contributed by atoms with E-state index in [1.807, 2.05) is 23.1 Å². The normalized spacial score (nSPS) is 16.0. The molecule has 1 fully saturated rings. The minimum absolute atomic E-state index is 0.424. The van der Waals surface area contributed by atoms with Crippen LogP contribution in [-0.4, -0.2) is 18.1 Å². The molecule has 0 amide bonds. The van der Waals surface area contributed by atoms with Crippen molar-refractivity contribution in [2.45, 2.75) is 24.9 Å². The Labute approximate surface area is 138 Å². The molecule has 3 nitrogen and oxygen atoms in total. The maximum absolute atomic E-state index is 13.1. The Morgan fingerprint density at radius 3 is 2.38 bits per heavy atom. The SMILES string of the molecule is N#Cc1ncc(N2CCC(c3ccccc3)CC2)cc1C(F)(F)F. The number of hydrogen-bond donors (Lipinski definition) is 0. The third-order valence-corrected chi connectivity index (χ3v) is 4.42. The van der Waals surface area contributed by atoms with Gasteiger partial charge in [0.25, 0.3) is 0 Å². The van der Waals surface area contributed by atoms with Crippen LogP contribution < -0.4 is 4.90 Å². The molecule has 0 aliphatic carbocycles. The molecular formula is C18H16F3N3. The molecule has 0 saturated carbocycles. The average molecular weight is 331 g/mol. The van der Waals surface area contributed by atoms with Crippen LogP contribution in [0.15, 0.2) is 42.6 Å². The van der Waals surface area contributed by atoms with Gasteiger partial charge in [0, 0.05) is 13.1 Å². The molecule has 24 heavy (non-hydrogen) atoms. The van der Waals surface area contributed by atoms with Gasteiger partial charge in [-0.2, -0.15) is 18.4 Å². The summed E-state index contributed by atoms with van der Waals surface area (Å²) < 4.78 is 39.2. The van der Waals surface area contributed by atoms with Crippen molar-refractivity contribution in [3.8, 4) is 6.07 Å².